The quantitative estimate of drug-likeness (QED) is 0.358. The molecule has 5 rings (SSSR count). The first kappa shape index (κ1) is 23.7. The van der Waals surface area contributed by atoms with Gasteiger partial charge in [0.15, 0.2) is 0 Å². The summed E-state index contributed by atoms with van der Waals surface area (Å²) in [4.78, 5) is 10.2. The lowest BCUT2D eigenvalue weighted by Crippen LogP contribution is -2.25. The van der Waals surface area contributed by atoms with Crippen molar-refractivity contribution in [2.75, 3.05) is 37.5 Å². The van der Waals surface area contributed by atoms with E-state index in [1.54, 1.807) is 24.3 Å². The van der Waals surface area contributed by atoms with Crippen LogP contribution in [-0.2, 0) is 28.5 Å². The zero-order valence-corrected chi connectivity index (χ0v) is 20.4. The molecule has 2 aromatic carbocycles. The predicted octanol–water partition coefficient (Wildman–Crippen LogP) is 4.87. The molecule has 6 nitrogen and oxygen atoms in total. The predicted molar refractivity (Wildman–Crippen MR) is 135 cm³/mol. The molecule has 0 spiro atoms. The molecule has 0 bridgehead atoms. The smallest absolute Gasteiger partial charge is 0.266 e. The molecule has 2 aromatic heterocycles. The normalized spacial score (nSPS) is 16.3. The van der Waals surface area contributed by atoms with E-state index >= 15 is 0 Å². The number of H-pyrrole nitrogens is 1. The standard InChI is InChI=1S/C26H28F2N4O2S/c1-34-14-13-31-12-10-29-25(31)8-15-35(33)20-6-7-24(32-11-9-26(27,28)18-32)21(17-20)23-16-19-4-2-3-5-22(19)30-23/h2-7,10,12,16-17,30H,8-9,11,13-15,18H2,1H3. The summed E-state index contributed by atoms with van der Waals surface area (Å²) in [7, 11) is 0.382. The second-order valence-electron chi connectivity index (χ2n) is 8.81. The number of aryl methyl sites for hydroxylation is 1. The minimum absolute atomic E-state index is 0.164. The van der Waals surface area contributed by atoms with Crippen molar-refractivity contribution in [3.05, 3.63) is 66.7 Å². The summed E-state index contributed by atoms with van der Waals surface area (Å²) >= 11 is 0. The molecule has 1 unspecified atom stereocenters. The van der Waals surface area contributed by atoms with Crippen LogP contribution in [0.4, 0.5) is 14.5 Å². The van der Waals surface area contributed by atoms with Gasteiger partial charge in [-0.2, -0.15) is 0 Å². The van der Waals surface area contributed by atoms with Gasteiger partial charge in [-0.3, -0.25) is 4.21 Å². The van der Waals surface area contributed by atoms with Crippen LogP contribution in [0.25, 0.3) is 22.2 Å². The molecule has 9 heteroatoms. The molecule has 1 fully saturated rings. The number of rotatable bonds is 9. The lowest BCUT2D eigenvalue weighted by atomic mass is 10.1. The largest absolute Gasteiger partial charge is 0.383 e. The van der Waals surface area contributed by atoms with Crippen LogP contribution in [-0.4, -0.2) is 57.2 Å². The number of nitrogens with one attached hydrogen (secondary N) is 1. The van der Waals surface area contributed by atoms with Crippen LogP contribution in [0.3, 0.4) is 0 Å². The third kappa shape index (κ3) is 5.16. The molecule has 0 radical (unpaired) electrons. The van der Waals surface area contributed by atoms with E-state index in [1.807, 2.05) is 53.2 Å². The Hall–Kier alpha value is -3.04. The van der Waals surface area contributed by atoms with Gasteiger partial charge in [-0.25, -0.2) is 13.8 Å². The van der Waals surface area contributed by atoms with Gasteiger partial charge in [0.1, 0.15) is 5.82 Å². The van der Waals surface area contributed by atoms with Gasteiger partial charge in [0.2, 0.25) is 0 Å². The first-order valence-corrected chi connectivity index (χ1v) is 13.0. The van der Waals surface area contributed by atoms with E-state index in [4.69, 9.17) is 4.74 Å². The third-order valence-corrected chi connectivity index (χ3v) is 7.77. The van der Waals surface area contributed by atoms with E-state index in [9.17, 15) is 13.0 Å². The van der Waals surface area contributed by atoms with Crippen molar-refractivity contribution in [2.24, 2.45) is 0 Å². The summed E-state index contributed by atoms with van der Waals surface area (Å²) in [6, 6.07) is 15.4. The number of nitrogens with zero attached hydrogens (tertiary/aromatic N) is 3. The van der Waals surface area contributed by atoms with Crippen LogP contribution < -0.4 is 4.90 Å². The first-order valence-electron chi connectivity index (χ1n) is 11.7. The number of anilines is 1. The zero-order valence-electron chi connectivity index (χ0n) is 19.5. The minimum Gasteiger partial charge on any atom is -0.383 e. The number of aromatic amines is 1. The second-order valence-corrected chi connectivity index (χ2v) is 10.4. The average Bonchev–Trinajstić information content (AvgIpc) is 3.58. The van der Waals surface area contributed by atoms with Crippen molar-refractivity contribution in [3.63, 3.8) is 0 Å². The molecule has 0 amide bonds. The van der Waals surface area contributed by atoms with Crippen molar-refractivity contribution < 1.29 is 17.7 Å². The number of benzene rings is 2. The molecule has 1 saturated heterocycles. The van der Waals surface area contributed by atoms with E-state index in [2.05, 4.69) is 9.97 Å². The highest BCUT2D eigenvalue weighted by Crippen LogP contribution is 2.38. The van der Waals surface area contributed by atoms with Gasteiger partial charge in [-0.05, 0) is 30.3 Å². The Balaban J connectivity index is 1.43. The molecule has 1 N–H and O–H groups in total. The maximum Gasteiger partial charge on any atom is 0.266 e. The number of halogens is 2. The van der Waals surface area contributed by atoms with Crippen LogP contribution in [0, 0.1) is 0 Å². The van der Waals surface area contributed by atoms with Crippen LogP contribution in [0.5, 0.6) is 0 Å². The highest BCUT2D eigenvalue weighted by Gasteiger charge is 2.39. The zero-order chi connectivity index (χ0) is 24.4. The Morgan fingerprint density at radius 3 is 2.83 bits per heavy atom. The first-order chi connectivity index (χ1) is 16.9. The molecule has 1 atom stereocenters. The minimum atomic E-state index is -2.70. The van der Waals surface area contributed by atoms with Crippen molar-refractivity contribution in [1.82, 2.24) is 14.5 Å². The fourth-order valence-electron chi connectivity index (χ4n) is 4.57. The van der Waals surface area contributed by atoms with Crippen LogP contribution in [0.2, 0.25) is 0 Å². The number of fused-ring (bicyclic) bond motifs is 1. The number of hydrogen-bond donors (Lipinski definition) is 1. The van der Waals surface area contributed by atoms with Gasteiger partial charge in [-0.15, -0.1) is 0 Å². The van der Waals surface area contributed by atoms with Gasteiger partial charge < -0.3 is 19.2 Å². The molecule has 1 aliphatic heterocycles. The number of aromatic nitrogens is 3. The van der Waals surface area contributed by atoms with Crippen molar-refractivity contribution in [3.8, 4) is 11.3 Å². The van der Waals surface area contributed by atoms with Crippen molar-refractivity contribution in [1.29, 1.82) is 0 Å². The third-order valence-electron chi connectivity index (χ3n) is 6.41. The van der Waals surface area contributed by atoms with E-state index in [-0.39, 0.29) is 19.5 Å². The summed E-state index contributed by atoms with van der Waals surface area (Å²) in [5.74, 6) is -1.43. The Kier molecular flexibility index (Phi) is 6.71. The molecular weight excluding hydrogens is 470 g/mol. The van der Waals surface area contributed by atoms with Crippen molar-refractivity contribution in [2.45, 2.75) is 30.2 Å². The van der Waals surface area contributed by atoms with Crippen molar-refractivity contribution >= 4 is 27.4 Å². The maximum atomic E-state index is 14.0. The molecule has 0 saturated carbocycles. The van der Waals surface area contributed by atoms with E-state index in [0.29, 0.717) is 30.2 Å². The van der Waals surface area contributed by atoms with Gasteiger partial charge in [-0.1, -0.05) is 18.2 Å². The fourth-order valence-corrected chi connectivity index (χ4v) is 5.64. The maximum absolute atomic E-state index is 14.0. The summed E-state index contributed by atoms with van der Waals surface area (Å²) in [6.45, 7) is 1.25. The fraction of sp³-hybridized carbons (Fsp3) is 0.346. The number of ether oxygens (including phenoxy) is 1. The lowest BCUT2D eigenvalue weighted by molar-refractivity contribution is 0.0257. The highest BCUT2D eigenvalue weighted by atomic mass is 32.2. The molecule has 3 heterocycles. The van der Waals surface area contributed by atoms with Gasteiger partial charge >= 0.3 is 0 Å². The Bertz CT molecular complexity index is 1320. The Labute approximate surface area is 205 Å². The molecular formula is C26H28F2N4O2S. The van der Waals surface area contributed by atoms with E-state index < -0.39 is 16.7 Å². The Morgan fingerprint density at radius 2 is 2.06 bits per heavy atom. The van der Waals surface area contributed by atoms with Gasteiger partial charge in [0.05, 0.1) is 24.0 Å². The Morgan fingerprint density at radius 1 is 1.20 bits per heavy atom. The lowest BCUT2D eigenvalue weighted by Gasteiger charge is -2.22. The average molecular weight is 499 g/mol. The summed E-state index contributed by atoms with van der Waals surface area (Å²) < 4.78 is 48.5. The van der Waals surface area contributed by atoms with E-state index in [0.717, 1.165) is 33.7 Å². The molecule has 1 aliphatic rings. The van der Waals surface area contributed by atoms with Gasteiger partial charge in [0, 0.05) is 83.9 Å². The summed E-state index contributed by atoms with van der Waals surface area (Å²) in [5.41, 5.74) is 3.30. The number of imidazole rings is 1. The topological polar surface area (TPSA) is 63.2 Å². The molecule has 184 valence electrons. The SMILES string of the molecule is COCCn1ccnc1CCS(=O)c1ccc(N2CCC(F)(F)C2)c(-c2cc3ccccc3[nH]2)c1. The van der Waals surface area contributed by atoms with Crippen LogP contribution in [0.1, 0.15) is 12.2 Å². The van der Waals surface area contributed by atoms with E-state index in [1.165, 1.54) is 0 Å². The molecule has 4 aromatic rings. The highest BCUT2D eigenvalue weighted by molar-refractivity contribution is 7.85. The van der Waals surface area contributed by atoms with Crippen LogP contribution >= 0.6 is 0 Å². The van der Waals surface area contributed by atoms with Crippen LogP contribution in [0.15, 0.2) is 65.8 Å². The number of hydrogen-bond acceptors (Lipinski definition) is 4. The number of para-hydroxylation sites is 1. The summed E-state index contributed by atoms with van der Waals surface area (Å²) in [6.07, 6.45) is 4.03. The second kappa shape index (κ2) is 9.91. The molecule has 0 aliphatic carbocycles. The monoisotopic (exact) mass is 498 g/mol. The number of alkyl halides is 2. The van der Waals surface area contributed by atoms with Gasteiger partial charge in [0.25, 0.3) is 5.92 Å². The number of methoxy groups -OCH3 is 1. The molecule has 35 heavy (non-hydrogen) atoms. The summed E-state index contributed by atoms with van der Waals surface area (Å²) in [5, 5.41) is 1.04.